The van der Waals surface area contributed by atoms with Gasteiger partial charge >= 0.3 is 12.1 Å². The first-order chi connectivity index (χ1) is 15.2. The summed E-state index contributed by atoms with van der Waals surface area (Å²) in [5, 5.41) is 7.12. The number of aromatic nitrogens is 2. The Morgan fingerprint density at radius 3 is 2.56 bits per heavy atom. The molecular weight excluding hydrogens is 431 g/mol. The van der Waals surface area contributed by atoms with E-state index in [2.05, 4.69) is 9.97 Å². The van der Waals surface area contributed by atoms with Gasteiger partial charge in [0.05, 0.1) is 18.1 Å². The first kappa shape index (κ1) is 23.5. The second kappa shape index (κ2) is 9.94. The van der Waals surface area contributed by atoms with Gasteiger partial charge in [-0.25, -0.2) is 9.78 Å². The third-order valence-electron chi connectivity index (χ3n) is 5.37. The number of pyridine rings is 2. The highest BCUT2D eigenvalue weighted by Crippen LogP contribution is 2.41. The molecule has 0 unspecified atom stereocenters. The number of carboxylic acid groups (broad SMARTS) is 1. The Balaban J connectivity index is 0.000000360. The largest absolute Gasteiger partial charge is 0.490 e. The molecule has 2 aliphatic rings. The third kappa shape index (κ3) is 5.72. The van der Waals surface area contributed by atoms with Crippen molar-refractivity contribution in [3.8, 4) is 5.88 Å². The monoisotopic (exact) mass is 453 g/mol. The van der Waals surface area contributed by atoms with Gasteiger partial charge in [0, 0.05) is 49.9 Å². The molecule has 8 nitrogen and oxygen atoms in total. The number of carboxylic acids is 1. The maximum Gasteiger partial charge on any atom is 0.490 e. The number of carbonyl (C=O) groups excluding carboxylic acids is 1. The zero-order chi connectivity index (χ0) is 23.2. The van der Waals surface area contributed by atoms with E-state index in [0.29, 0.717) is 37.7 Å². The minimum atomic E-state index is -5.08. The summed E-state index contributed by atoms with van der Waals surface area (Å²) in [5.41, 5.74) is 0.506. The van der Waals surface area contributed by atoms with Gasteiger partial charge < -0.3 is 19.5 Å². The molecule has 4 heterocycles. The minimum absolute atomic E-state index is 0.0463. The molecule has 4 rings (SSSR count). The van der Waals surface area contributed by atoms with E-state index in [4.69, 9.17) is 19.4 Å². The predicted octanol–water partition coefficient (Wildman–Crippen LogP) is 2.81. The van der Waals surface area contributed by atoms with Crippen molar-refractivity contribution in [3.05, 3.63) is 54.5 Å². The molecule has 0 radical (unpaired) electrons. The molecular formula is C21H22F3N3O5. The summed E-state index contributed by atoms with van der Waals surface area (Å²) < 4.78 is 43.6. The average molecular weight is 453 g/mol. The lowest BCUT2D eigenvalue weighted by Gasteiger charge is -2.43. The van der Waals surface area contributed by atoms with Gasteiger partial charge in [0.15, 0.2) is 0 Å². The molecule has 2 saturated heterocycles. The Hall–Kier alpha value is -3.21. The summed E-state index contributed by atoms with van der Waals surface area (Å²) in [4.78, 5) is 31.8. The van der Waals surface area contributed by atoms with E-state index in [-0.39, 0.29) is 17.4 Å². The van der Waals surface area contributed by atoms with Crippen LogP contribution < -0.4 is 4.74 Å². The van der Waals surface area contributed by atoms with Crippen LogP contribution in [-0.2, 0) is 9.53 Å². The highest BCUT2D eigenvalue weighted by molar-refractivity contribution is 5.94. The van der Waals surface area contributed by atoms with Gasteiger partial charge in [-0.05, 0) is 31.0 Å². The number of alkyl halides is 3. The van der Waals surface area contributed by atoms with Crippen molar-refractivity contribution in [3.63, 3.8) is 0 Å². The quantitative estimate of drug-likeness (QED) is 0.760. The van der Waals surface area contributed by atoms with E-state index < -0.39 is 12.1 Å². The molecule has 0 aromatic carbocycles. The third-order valence-corrected chi connectivity index (χ3v) is 5.37. The SMILES string of the molecule is O=C(O)C(F)(F)F.O=C(c1ccncc1)N1CC[C@H]2OCC[C@@]2(COc2ccccn2)C1. The Labute approximate surface area is 182 Å². The fourth-order valence-electron chi connectivity index (χ4n) is 3.76. The molecule has 32 heavy (non-hydrogen) atoms. The highest BCUT2D eigenvalue weighted by atomic mass is 19.4. The van der Waals surface area contributed by atoms with Crippen molar-refractivity contribution in [2.75, 3.05) is 26.3 Å². The number of halogens is 3. The molecule has 1 N–H and O–H groups in total. The number of amides is 1. The smallest absolute Gasteiger partial charge is 0.477 e. The van der Waals surface area contributed by atoms with Crippen LogP contribution in [0.4, 0.5) is 13.2 Å². The average Bonchev–Trinajstić information content (AvgIpc) is 3.22. The second-order valence-corrected chi connectivity index (χ2v) is 7.48. The number of aliphatic carboxylic acids is 1. The Kier molecular flexibility index (Phi) is 7.29. The number of hydrogen-bond donors (Lipinski definition) is 1. The van der Waals surface area contributed by atoms with Crippen LogP contribution in [-0.4, -0.2) is 70.4 Å². The van der Waals surface area contributed by atoms with Gasteiger partial charge in [0.25, 0.3) is 5.91 Å². The number of rotatable bonds is 4. The predicted molar refractivity (Wildman–Crippen MR) is 105 cm³/mol. The summed E-state index contributed by atoms with van der Waals surface area (Å²) in [6, 6.07) is 9.14. The Morgan fingerprint density at radius 2 is 1.94 bits per heavy atom. The fourth-order valence-corrected chi connectivity index (χ4v) is 3.76. The van der Waals surface area contributed by atoms with Crippen molar-refractivity contribution in [2.24, 2.45) is 5.41 Å². The van der Waals surface area contributed by atoms with Crippen molar-refractivity contribution >= 4 is 11.9 Å². The van der Waals surface area contributed by atoms with Crippen LogP contribution in [0.25, 0.3) is 0 Å². The lowest BCUT2D eigenvalue weighted by Crippen LogP contribution is -2.54. The van der Waals surface area contributed by atoms with E-state index >= 15 is 0 Å². The van der Waals surface area contributed by atoms with Crippen molar-refractivity contribution in [2.45, 2.75) is 25.1 Å². The molecule has 2 aliphatic heterocycles. The van der Waals surface area contributed by atoms with Gasteiger partial charge in [-0.3, -0.25) is 9.78 Å². The Morgan fingerprint density at radius 1 is 1.22 bits per heavy atom. The number of carbonyl (C=O) groups is 2. The van der Waals surface area contributed by atoms with Gasteiger partial charge in [-0.1, -0.05) is 6.07 Å². The molecule has 0 saturated carbocycles. The summed E-state index contributed by atoms with van der Waals surface area (Å²) in [7, 11) is 0. The summed E-state index contributed by atoms with van der Waals surface area (Å²) in [6.07, 6.45) is 1.80. The Bertz CT molecular complexity index is 914. The number of piperidine rings is 1. The summed E-state index contributed by atoms with van der Waals surface area (Å²) in [5.74, 6) is -2.10. The van der Waals surface area contributed by atoms with E-state index in [1.54, 1.807) is 30.7 Å². The highest BCUT2D eigenvalue weighted by Gasteiger charge is 2.49. The van der Waals surface area contributed by atoms with Gasteiger partial charge in [-0.15, -0.1) is 0 Å². The lowest BCUT2D eigenvalue weighted by molar-refractivity contribution is -0.192. The molecule has 2 atom stereocenters. The number of nitrogens with zero attached hydrogens (tertiary/aromatic N) is 3. The summed E-state index contributed by atoms with van der Waals surface area (Å²) >= 11 is 0. The first-order valence-corrected chi connectivity index (χ1v) is 9.86. The topological polar surface area (TPSA) is 102 Å². The van der Waals surface area contributed by atoms with Crippen molar-refractivity contribution in [1.82, 2.24) is 14.9 Å². The maximum absolute atomic E-state index is 12.8. The summed E-state index contributed by atoms with van der Waals surface area (Å²) in [6.45, 7) is 2.57. The van der Waals surface area contributed by atoms with Crippen LogP contribution in [0.2, 0.25) is 0 Å². The van der Waals surface area contributed by atoms with Crippen LogP contribution >= 0.6 is 0 Å². The molecule has 11 heteroatoms. The van der Waals surface area contributed by atoms with Crippen LogP contribution in [0.15, 0.2) is 48.9 Å². The molecule has 0 spiro atoms. The lowest BCUT2D eigenvalue weighted by atomic mass is 9.77. The van der Waals surface area contributed by atoms with Gasteiger partial charge in [-0.2, -0.15) is 13.2 Å². The number of hydrogen-bond acceptors (Lipinski definition) is 6. The van der Waals surface area contributed by atoms with E-state index in [9.17, 15) is 18.0 Å². The van der Waals surface area contributed by atoms with Crippen LogP contribution in [0.3, 0.4) is 0 Å². The van der Waals surface area contributed by atoms with E-state index in [1.165, 1.54) is 0 Å². The number of fused-ring (bicyclic) bond motifs is 1. The molecule has 2 fully saturated rings. The van der Waals surface area contributed by atoms with Crippen LogP contribution in [0.1, 0.15) is 23.2 Å². The number of ether oxygens (including phenoxy) is 2. The second-order valence-electron chi connectivity index (χ2n) is 7.48. The molecule has 2 aromatic heterocycles. The molecule has 172 valence electrons. The zero-order valence-corrected chi connectivity index (χ0v) is 17.0. The van der Waals surface area contributed by atoms with Gasteiger partial charge in [0.2, 0.25) is 5.88 Å². The molecule has 1 amide bonds. The molecule has 2 aromatic rings. The van der Waals surface area contributed by atoms with Crippen LogP contribution in [0, 0.1) is 5.41 Å². The first-order valence-electron chi connectivity index (χ1n) is 9.86. The molecule has 0 aliphatic carbocycles. The van der Waals surface area contributed by atoms with Crippen LogP contribution in [0.5, 0.6) is 5.88 Å². The van der Waals surface area contributed by atoms with Crippen molar-refractivity contribution < 1.29 is 37.3 Å². The maximum atomic E-state index is 12.8. The number of likely N-dealkylation sites (tertiary alicyclic amines) is 1. The molecule has 0 bridgehead atoms. The minimum Gasteiger partial charge on any atom is -0.477 e. The van der Waals surface area contributed by atoms with Crippen molar-refractivity contribution in [1.29, 1.82) is 0 Å². The standard InChI is InChI=1S/C19H21N3O3.C2HF3O2/c23-18(15-4-9-20-10-5-15)22-11-6-16-19(13-22,7-12-24-16)14-25-17-3-1-2-8-21-17;3-2(4,5)1(6)7/h1-5,8-10,16H,6-7,11-14H2;(H,6,7)/t16-,19+;/m1./s1. The van der Waals surface area contributed by atoms with E-state index in [1.807, 2.05) is 23.1 Å². The van der Waals surface area contributed by atoms with Gasteiger partial charge in [0.1, 0.15) is 0 Å². The normalized spacial score (nSPS) is 22.3. The van der Waals surface area contributed by atoms with E-state index in [0.717, 1.165) is 12.8 Å². The zero-order valence-electron chi connectivity index (χ0n) is 17.0. The fraction of sp³-hybridized carbons (Fsp3) is 0.429.